The quantitative estimate of drug-likeness (QED) is 0.250. The number of aromatic nitrogens is 1. The fraction of sp³-hybridized carbons (Fsp3) is 0.516. The van der Waals surface area contributed by atoms with Crippen molar-refractivity contribution >= 4 is 10.8 Å². The van der Waals surface area contributed by atoms with Gasteiger partial charge in [-0.3, -0.25) is 0 Å². The molecule has 5 rings (SSSR count). The number of benzene rings is 2. The zero-order valence-electron chi connectivity index (χ0n) is 21.6. The topological polar surface area (TPSA) is 12.9 Å². The zero-order chi connectivity index (χ0) is 23.1. The Morgan fingerprint density at radius 3 is 1.73 bits per heavy atom. The van der Waals surface area contributed by atoms with Crippen LogP contribution in [-0.4, -0.2) is 4.98 Å². The van der Waals surface area contributed by atoms with Crippen molar-refractivity contribution in [3.8, 4) is 11.3 Å². The van der Waals surface area contributed by atoms with E-state index in [1.54, 1.807) is 0 Å². The van der Waals surface area contributed by atoms with Crippen molar-refractivity contribution in [3.63, 3.8) is 0 Å². The van der Waals surface area contributed by atoms with E-state index >= 15 is 0 Å². The Morgan fingerprint density at radius 2 is 1.15 bits per heavy atom. The van der Waals surface area contributed by atoms with E-state index in [1.807, 2.05) is 6.20 Å². The molecule has 2 aromatic carbocycles. The molecule has 0 fully saturated rings. The number of hydrogen-bond donors (Lipinski definition) is 0. The van der Waals surface area contributed by atoms with Crippen molar-refractivity contribution in [1.29, 1.82) is 0 Å². The van der Waals surface area contributed by atoms with E-state index in [9.17, 15) is 0 Å². The summed E-state index contributed by atoms with van der Waals surface area (Å²) in [5.41, 5.74) is 8.95. The maximum absolute atomic E-state index is 4.91. The second kappa shape index (κ2) is 7.76. The molecule has 2 aliphatic rings. The molecule has 0 bridgehead atoms. The molecule has 0 aliphatic heterocycles. The molecule has 0 atom stereocenters. The maximum Gasteiger partial charge on any atom is 0.0167 e. The first-order valence-corrected chi connectivity index (χ1v) is 12.3. The Hall–Kier alpha value is -1.50. The van der Waals surface area contributed by atoms with Gasteiger partial charge in [-0.1, -0.05) is 73.9 Å². The van der Waals surface area contributed by atoms with Crippen LogP contribution in [0.2, 0.25) is 0 Å². The Kier molecular flexibility index (Phi) is 5.79. The molecule has 1 heterocycles. The molecule has 0 unspecified atom stereocenters. The van der Waals surface area contributed by atoms with E-state index in [0.29, 0.717) is 0 Å². The van der Waals surface area contributed by atoms with Crippen molar-refractivity contribution in [2.45, 2.75) is 103 Å². The first kappa shape index (κ1) is 24.6. The van der Waals surface area contributed by atoms with E-state index in [1.165, 1.54) is 58.7 Å². The maximum atomic E-state index is 4.91. The van der Waals surface area contributed by atoms with Crippen LogP contribution >= 0.6 is 0 Å². The minimum Gasteiger partial charge on any atom is -0.304 e. The first-order chi connectivity index (χ1) is 14.8. The van der Waals surface area contributed by atoms with Gasteiger partial charge in [0.25, 0.3) is 0 Å². The molecule has 1 aromatic heterocycles. The summed E-state index contributed by atoms with van der Waals surface area (Å²) in [6, 6.07) is 15.4. The average Bonchev–Trinajstić information content (AvgIpc) is 2.73. The summed E-state index contributed by atoms with van der Waals surface area (Å²) in [6.07, 6.45) is 6.88. The molecule has 0 N–H and O–H groups in total. The molecule has 2 heteroatoms. The molecule has 2 aliphatic carbocycles. The van der Waals surface area contributed by atoms with Crippen LogP contribution in [0.1, 0.15) is 103 Å². The smallest absolute Gasteiger partial charge is 0.0167 e. The van der Waals surface area contributed by atoms with Crippen molar-refractivity contribution < 1.29 is 20.1 Å². The number of rotatable bonds is 1. The predicted octanol–water partition coefficient (Wildman–Crippen LogP) is 8.40. The third-order valence-electron chi connectivity index (χ3n) is 8.78. The van der Waals surface area contributed by atoms with Gasteiger partial charge in [0, 0.05) is 26.3 Å². The predicted molar refractivity (Wildman–Crippen MR) is 137 cm³/mol. The minimum absolute atomic E-state index is 0. The summed E-state index contributed by atoms with van der Waals surface area (Å²) >= 11 is 0. The monoisotopic (exact) mass is 617 g/mol. The normalized spacial score (nSPS) is 21.6. The summed E-state index contributed by atoms with van der Waals surface area (Å²) in [4.78, 5) is 4.91. The van der Waals surface area contributed by atoms with Gasteiger partial charge in [-0.05, 0) is 74.6 Å². The number of hydrogen-bond acceptors (Lipinski definition) is 1. The zero-order valence-corrected chi connectivity index (χ0v) is 24.0. The Morgan fingerprint density at radius 1 is 0.667 bits per heavy atom. The Balaban J connectivity index is 0.00000259. The molecule has 33 heavy (non-hydrogen) atoms. The van der Waals surface area contributed by atoms with Crippen LogP contribution in [0.25, 0.3) is 22.0 Å². The van der Waals surface area contributed by atoms with Crippen LogP contribution in [0.3, 0.4) is 0 Å². The molecule has 0 amide bonds. The Labute approximate surface area is 214 Å². The van der Waals surface area contributed by atoms with E-state index in [-0.39, 0.29) is 41.8 Å². The van der Waals surface area contributed by atoms with Gasteiger partial charge in [0.15, 0.2) is 0 Å². The third-order valence-corrected chi connectivity index (χ3v) is 8.78. The Bertz CT molecular complexity index is 1230. The van der Waals surface area contributed by atoms with Crippen LogP contribution < -0.4 is 0 Å². The van der Waals surface area contributed by atoms with Crippen LogP contribution in [0, 0.1) is 6.07 Å². The molecule has 3 aromatic rings. The number of pyridine rings is 1. The molecule has 0 saturated heterocycles. The van der Waals surface area contributed by atoms with E-state index < -0.39 is 0 Å². The standard InChI is InChI=1S/C31H38N.Ir/c1-28(2)12-13-29(3,4)24-18-21(9-10-23(24)28)27-22-19-26-25(17-20(22)11-16-32-27)30(5,6)14-15-31(26,7)8;/h10-11,16-19H,12-15H2,1-8H3;/q-1;. The molecular weight excluding hydrogens is 579 g/mol. The summed E-state index contributed by atoms with van der Waals surface area (Å²) in [7, 11) is 0. The van der Waals surface area contributed by atoms with E-state index in [4.69, 9.17) is 4.98 Å². The van der Waals surface area contributed by atoms with Crippen molar-refractivity contribution in [2.24, 2.45) is 0 Å². The van der Waals surface area contributed by atoms with Gasteiger partial charge < -0.3 is 4.98 Å². The fourth-order valence-electron chi connectivity index (χ4n) is 6.09. The molecule has 177 valence electrons. The van der Waals surface area contributed by atoms with E-state index in [0.717, 1.165) is 11.3 Å². The van der Waals surface area contributed by atoms with E-state index in [2.05, 4.69) is 91.8 Å². The van der Waals surface area contributed by atoms with Gasteiger partial charge in [-0.2, -0.15) is 0 Å². The van der Waals surface area contributed by atoms with Crippen LogP contribution in [-0.2, 0) is 41.8 Å². The molecule has 1 nitrogen and oxygen atoms in total. The average molecular weight is 617 g/mol. The van der Waals surface area contributed by atoms with Crippen molar-refractivity contribution in [2.75, 3.05) is 0 Å². The summed E-state index contributed by atoms with van der Waals surface area (Å²) in [5, 5.41) is 2.56. The van der Waals surface area contributed by atoms with Crippen LogP contribution in [0.4, 0.5) is 0 Å². The molecule has 0 saturated carbocycles. The minimum atomic E-state index is 0. The molecule has 1 radical (unpaired) electrons. The van der Waals surface area contributed by atoms with Gasteiger partial charge in [-0.25, -0.2) is 0 Å². The SMILES string of the molecule is CC1(C)CCC(C)(C)c2cc(-c3nccc4cc5c(cc34)C(C)(C)CCC5(C)C)[c-]cc21.[Ir]. The van der Waals surface area contributed by atoms with Gasteiger partial charge >= 0.3 is 0 Å². The van der Waals surface area contributed by atoms with Crippen LogP contribution in [0.5, 0.6) is 0 Å². The second-order valence-corrected chi connectivity index (χ2v) is 13.0. The van der Waals surface area contributed by atoms with Crippen LogP contribution in [0.15, 0.2) is 36.5 Å². The van der Waals surface area contributed by atoms with Crippen molar-refractivity contribution in [1.82, 2.24) is 4.98 Å². The second-order valence-electron chi connectivity index (χ2n) is 13.0. The summed E-state index contributed by atoms with van der Waals surface area (Å²) in [5.74, 6) is 0. The van der Waals surface area contributed by atoms with Gasteiger partial charge in [0.05, 0.1) is 0 Å². The summed E-state index contributed by atoms with van der Waals surface area (Å²) in [6.45, 7) is 19.1. The third kappa shape index (κ3) is 3.92. The van der Waals surface area contributed by atoms with Gasteiger partial charge in [0.1, 0.15) is 0 Å². The molecular formula is C31H38IrN-. The summed E-state index contributed by atoms with van der Waals surface area (Å²) < 4.78 is 0. The molecule has 0 spiro atoms. The van der Waals surface area contributed by atoms with Gasteiger partial charge in [0.2, 0.25) is 0 Å². The number of nitrogens with zero attached hydrogens (tertiary/aromatic N) is 1. The first-order valence-electron chi connectivity index (χ1n) is 12.3. The largest absolute Gasteiger partial charge is 0.304 e. The van der Waals surface area contributed by atoms with Crippen molar-refractivity contribution in [3.05, 3.63) is 64.8 Å². The van der Waals surface area contributed by atoms with Gasteiger partial charge in [-0.15, -0.1) is 34.9 Å². The number of fused-ring (bicyclic) bond motifs is 3. The fourth-order valence-corrected chi connectivity index (χ4v) is 6.09.